The first-order valence-corrected chi connectivity index (χ1v) is 5.58. The van der Waals surface area contributed by atoms with Gasteiger partial charge in [0.2, 0.25) is 5.95 Å². The van der Waals surface area contributed by atoms with Gasteiger partial charge in [-0.1, -0.05) is 6.07 Å². The standard InChI is InChI=1S/C12H14N4/c1-2-10(8-13-5-1)9-16-7-6-14-12(16)15-11-3-4-11/h1-2,5-8,11H,3-4,9H2,(H,14,15). The summed E-state index contributed by atoms with van der Waals surface area (Å²) in [7, 11) is 0. The summed E-state index contributed by atoms with van der Waals surface area (Å²) >= 11 is 0. The number of anilines is 1. The number of rotatable bonds is 4. The summed E-state index contributed by atoms with van der Waals surface area (Å²) in [5.74, 6) is 0.964. The summed E-state index contributed by atoms with van der Waals surface area (Å²) in [6, 6.07) is 4.67. The maximum atomic E-state index is 4.32. The minimum Gasteiger partial charge on any atom is -0.353 e. The zero-order valence-electron chi connectivity index (χ0n) is 9.00. The Morgan fingerprint density at radius 2 is 2.31 bits per heavy atom. The van der Waals surface area contributed by atoms with Gasteiger partial charge in [-0.25, -0.2) is 4.98 Å². The highest BCUT2D eigenvalue weighted by Gasteiger charge is 2.22. The van der Waals surface area contributed by atoms with Crippen molar-refractivity contribution in [2.24, 2.45) is 0 Å². The zero-order chi connectivity index (χ0) is 10.8. The molecule has 0 unspecified atom stereocenters. The first-order valence-electron chi connectivity index (χ1n) is 5.58. The SMILES string of the molecule is c1cncc(Cn2ccnc2NC2CC2)c1. The molecule has 1 saturated carbocycles. The molecule has 1 aliphatic rings. The molecular weight excluding hydrogens is 200 g/mol. The largest absolute Gasteiger partial charge is 0.353 e. The van der Waals surface area contributed by atoms with Crippen molar-refractivity contribution in [3.63, 3.8) is 0 Å². The third-order valence-electron chi connectivity index (χ3n) is 2.70. The molecule has 0 radical (unpaired) electrons. The van der Waals surface area contributed by atoms with Gasteiger partial charge in [0, 0.05) is 30.8 Å². The molecule has 1 fully saturated rings. The first-order chi connectivity index (χ1) is 7.92. The highest BCUT2D eigenvalue weighted by Crippen LogP contribution is 2.23. The van der Waals surface area contributed by atoms with Crippen LogP contribution in [-0.2, 0) is 6.54 Å². The molecule has 0 spiro atoms. The maximum absolute atomic E-state index is 4.32. The van der Waals surface area contributed by atoms with Gasteiger partial charge in [0.15, 0.2) is 0 Å². The molecule has 2 aromatic rings. The topological polar surface area (TPSA) is 42.7 Å². The molecule has 0 bridgehead atoms. The molecule has 82 valence electrons. The predicted molar refractivity (Wildman–Crippen MR) is 62.2 cm³/mol. The molecule has 0 aromatic carbocycles. The van der Waals surface area contributed by atoms with E-state index in [1.807, 2.05) is 24.7 Å². The van der Waals surface area contributed by atoms with E-state index in [4.69, 9.17) is 0 Å². The number of hydrogen-bond donors (Lipinski definition) is 1. The van der Waals surface area contributed by atoms with E-state index in [0.29, 0.717) is 6.04 Å². The molecular formula is C12H14N4. The van der Waals surface area contributed by atoms with Crippen LogP contribution in [0, 0.1) is 0 Å². The molecule has 1 N–H and O–H groups in total. The Morgan fingerprint density at radius 1 is 1.38 bits per heavy atom. The van der Waals surface area contributed by atoms with Gasteiger partial charge in [-0.3, -0.25) is 4.98 Å². The highest BCUT2D eigenvalue weighted by molar-refractivity contribution is 5.31. The van der Waals surface area contributed by atoms with Gasteiger partial charge >= 0.3 is 0 Å². The van der Waals surface area contributed by atoms with Crippen LogP contribution >= 0.6 is 0 Å². The van der Waals surface area contributed by atoms with Crippen molar-refractivity contribution < 1.29 is 0 Å². The summed E-state index contributed by atoms with van der Waals surface area (Å²) in [4.78, 5) is 8.44. The summed E-state index contributed by atoms with van der Waals surface area (Å²) in [5, 5.41) is 3.42. The van der Waals surface area contributed by atoms with Crippen LogP contribution in [0.1, 0.15) is 18.4 Å². The quantitative estimate of drug-likeness (QED) is 0.845. The van der Waals surface area contributed by atoms with Crippen molar-refractivity contribution in [1.29, 1.82) is 0 Å². The number of hydrogen-bond acceptors (Lipinski definition) is 3. The van der Waals surface area contributed by atoms with E-state index in [1.54, 1.807) is 6.20 Å². The third kappa shape index (κ3) is 2.05. The van der Waals surface area contributed by atoms with Crippen molar-refractivity contribution >= 4 is 5.95 Å². The van der Waals surface area contributed by atoms with Crippen LogP contribution in [0.3, 0.4) is 0 Å². The Bertz CT molecular complexity index is 459. The molecule has 0 amide bonds. The zero-order valence-corrected chi connectivity index (χ0v) is 9.00. The van der Waals surface area contributed by atoms with Crippen LogP contribution in [0.5, 0.6) is 0 Å². The van der Waals surface area contributed by atoms with Crippen LogP contribution in [0.4, 0.5) is 5.95 Å². The van der Waals surface area contributed by atoms with E-state index in [2.05, 4.69) is 25.9 Å². The molecule has 16 heavy (non-hydrogen) atoms. The molecule has 4 nitrogen and oxygen atoms in total. The number of nitrogens with zero attached hydrogens (tertiary/aromatic N) is 3. The Morgan fingerprint density at radius 3 is 3.06 bits per heavy atom. The second-order valence-electron chi connectivity index (χ2n) is 4.16. The van der Waals surface area contributed by atoms with E-state index in [-0.39, 0.29) is 0 Å². The van der Waals surface area contributed by atoms with Crippen LogP contribution in [0.2, 0.25) is 0 Å². The fourth-order valence-electron chi connectivity index (χ4n) is 1.68. The Labute approximate surface area is 94.4 Å². The van der Waals surface area contributed by atoms with Crippen molar-refractivity contribution in [2.75, 3.05) is 5.32 Å². The summed E-state index contributed by atoms with van der Waals surface area (Å²) in [6.45, 7) is 0.822. The molecule has 0 atom stereocenters. The lowest BCUT2D eigenvalue weighted by atomic mass is 10.3. The van der Waals surface area contributed by atoms with Crippen molar-refractivity contribution in [3.8, 4) is 0 Å². The predicted octanol–water partition coefficient (Wildman–Crippen LogP) is 1.90. The monoisotopic (exact) mass is 214 g/mol. The third-order valence-corrected chi connectivity index (χ3v) is 2.70. The van der Waals surface area contributed by atoms with Gasteiger partial charge in [-0.05, 0) is 24.5 Å². The molecule has 2 aromatic heterocycles. The van der Waals surface area contributed by atoms with Crippen LogP contribution in [0.15, 0.2) is 36.9 Å². The molecule has 2 heterocycles. The van der Waals surface area contributed by atoms with Gasteiger partial charge in [-0.2, -0.15) is 0 Å². The van der Waals surface area contributed by atoms with Gasteiger partial charge in [0.05, 0.1) is 6.54 Å². The van der Waals surface area contributed by atoms with Gasteiger partial charge in [-0.15, -0.1) is 0 Å². The maximum Gasteiger partial charge on any atom is 0.203 e. The summed E-state index contributed by atoms with van der Waals surface area (Å²) in [6.07, 6.45) is 10.0. The van der Waals surface area contributed by atoms with E-state index in [9.17, 15) is 0 Å². The molecule has 3 rings (SSSR count). The molecule has 0 saturated heterocycles. The van der Waals surface area contributed by atoms with E-state index in [1.165, 1.54) is 18.4 Å². The van der Waals surface area contributed by atoms with Crippen molar-refractivity contribution in [3.05, 3.63) is 42.5 Å². The second-order valence-corrected chi connectivity index (χ2v) is 4.16. The molecule has 4 heteroatoms. The average molecular weight is 214 g/mol. The summed E-state index contributed by atoms with van der Waals surface area (Å²) in [5.41, 5.74) is 1.19. The molecule has 0 aliphatic heterocycles. The number of nitrogens with one attached hydrogen (secondary N) is 1. The Hall–Kier alpha value is -1.84. The second kappa shape index (κ2) is 3.96. The van der Waals surface area contributed by atoms with E-state index >= 15 is 0 Å². The number of imidazole rings is 1. The Balaban J connectivity index is 1.76. The van der Waals surface area contributed by atoms with E-state index in [0.717, 1.165) is 12.5 Å². The smallest absolute Gasteiger partial charge is 0.203 e. The lowest BCUT2D eigenvalue weighted by molar-refractivity contribution is 0.793. The van der Waals surface area contributed by atoms with Gasteiger partial charge < -0.3 is 9.88 Å². The van der Waals surface area contributed by atoms with Crippen LogP contribution in [-0.4, -0.2) is 20.6 Å². The van der Waals surface area contributed by atoms with Crippen LogP contribution in [0.25, 0.3) is 0 Å². The van der Waals surface area contributed by atoms with Gasteiger partial charge in [0.1, 0.15) is 0 Å². The fourth-order valence-corrected chi connectivity index (χ4v) is 1.68. The van der Waals surface area contributed by atoms with Gasteiger partial charge in [0.25, 0.3) is 0 Å². The average Bonchev–Trinajstić information content (AvgIpc) is 3.02. The number of pyridine rings is 1. The van der Waals surface area contributed by atoms with Crippen LogP contribution < -0.4 is 5.32 Å². The fraction of sp³-hybridized carbons (Fsp3) is 0.333. The first kappa shape index (κ1) is 9.39. The minimum atomic E-state index is 0.634. The highest BCUT2D eigenvalue weighted by atomic mass is 15.2. The molecule has 1 aliphatic carbocycles. The van der Waals surface area contributed by atoms with E-state index < -0.39 is 0 Å². The summed E-state index contributed by atoms with van der Waals surface area (Å²) < 4.78 is 2.12. The minimum absolute atomic E-state index is 0.634. The number of aromatic nitrogens is 3. The van der Waals surface area contributed by atoms with Crippen molar-refractivity contribution in [2.45, 2.75) is 25.4 Å². The lowest BCUT2D eigenvalue weighted by Gasteiger charge is -2.08. The Kier molecular flexibility index (Phi) is 2.33. The lowest BCUT2D eigenvalue weighted by Crippen LogP contribution is -2.09. The normalized spacial score (nSPS) is 15.0. The van der Waals surface area contributed by atoms with Crippen molar-refractivity contribution in [1.82, 2.24) is 14.5 Å².